The quantitative estimate of drug-likeness (QED) is 0.0814. The minimum atomic E-state index is -1.08. The van der Waals surface area contributed by atoms with Gasteiger partial charge in [-0.25, -0.2) is 4.98 Å². The Morgan fingerprint density at radius 1 is 0.900 bits per heavy atom. The highest BCUT2D eigenvalue weighted by molar-refractivity contribution is 6.33. The highest BCUT2D eigenvalue weighted by atomic mass is 35.5. The zero-order chi connectivity index (χ0) is 42.3. The largest absolute Gasteiger partial charge is 0.494 e. The maximum atomic E-state index is 13.3. The number of hydrogen-bond acceptors (Lipinski definition) is 13. The van der Waals surface area contributed by atoms with Crippen LogP contribution in [0.4, 0.5) is 34.5 Å². The lowest BCUT2D eigenvalue weighted by Gasteiger charge is -2.36. The molecular weight excluding hydrogens is 792 g/mol. The molecule has 2 saturated heterocycles. The molecule has 4 aromatic rings. The van der Waals surface area contributed by atoms with Gasteiger partial charge in [-0.2, -0.15) is 4.98 Å². The van der Waals surface area contributed by atoms with E-state index in [1.807, 2.05) is 24.3 Å². The number of piperidine rings is 1. The number of methoxy groups -OCH3 is 1. The number of rotatable bonds is 15. The molecule has 3 aromatic carbocycles. The van der Waals surface area contributed by atoms with E-state index in [1.54, 1.807) is 44.5 Å². The fourth-order valence-corrected chi connectivity index (χ4v) is 7.67. The summed E-state index contributed by atoms with van der Waals surface area (Å²) in [5.74, 6) is -1.70. The van der Waals surface area contributed by atoms with E-state index in [4.69, 9.17) is 16.3 Å². The Hall–Kier alpha value is -6.59. The van der Waals surface area contributed by atoms with Crippen LogP contribution in [0.25, 0.3) is 0 Å². The second-order valence-electron chi connectivity index (χ2n) is 14.5. The molecule has 2 fully saturated rings. The van der Waals surface area contributed by atoms with Gasteiger partial charge in [-0.15, -0.1) is 0 Å². The number of anilines is 6. The van der Waals surface area contributed by atoms with Crippen LogP contribution in [0.2, 0.25) is 5.02 Å². The van der Waals surface area contributed by atoms with Crippen LogP contribution in [-0.2, 0) is 14.4 Å². The number of amides is 6. The van der Waals surface area contributed by atoms with E-state index >= 15 is 0 Å². The second-order valence-corrected chi connectivity index (χ2v) is 14.9. The number of para-hydroxylation sites is 1. The van der Waals surface area contributed by atoms with Crippen molar-refractivity contribution < 1.29 is 33.5 Å². The Bertz CT molecular complexity index is 2330. The first kappa shape index (κ1) is 41.6. The fraction of sp³-hybridized carbons (Fsp3) is 0.333. The van der Waals surface area contributed by atoms with Crippen molar-refractivity contribution in [1.29, 1.82) is 0 Å². The van der Waals surface area contributed by atoms with E-state index < -0.39 is 29.7 Å². The van der Waals surface area contributed by atoms with Gasteiger partial charge in [0.25, 0.3) is 17.7 Å². The van der Waals surface area contributed by atoms with Gasteiger partial charge in [0.1, 0.15) is 16.8 Å². The minimum Gasteiger partial charge on any atom is -0.494 e. The maximum Gasteiger partial charge on any atom is 0.264 e. The number of piperazine rings is 1. The highest BCUT2D eigenvalue weighted by Crippen LogP contribution is 2.35. The number of aromatic nitrogens is 2. The zero-order valence-corrected chi connectivity index (χ0v) is 33.9. The third-order valence-corrected chi connectivity index (χ3v) is 11.0. The van der Waals surface area contributed by atoms with Crippen LogP contribution in [0, 0.1) is 0 Å². The molecular formula is C42H45ClN10O7. The topological polar surface area (TPSA) is 207 Å². The molecule has 0 radical (unpaired) electrons. The normalized spacial score (nSPS) is 16.6. The predicted molar refractivity (Wildman–Crippen MR) is 225 cm³/mol. The number of nitrogens with one attached hydrogen (secondary N) is 5. The first-order chi connectivity index (χ1) is 29.0. The molecule has 1 aromatic heterocycles. The molecule has 7 rings (SSSR count). The van der Waals surface area contributed by atoms with E-state index in [0.717, 1.165) is 56.2 Å². The number of unbranched alkanes of at least 4 members (excludes halogenated alkanes) is 2. The predicted octanol–water partition coefficient (Wildman–Crippen LogP) is 4.71. The third-order valence-electron chi connectivity index (χ3n) is 10.7. The van der Waals surface area contributed by atoms with Gasteiger partial charge in [0, 0.05) is 57.8 Å². The summed E-state index contributed by atoms with van der Waals surface area (Å²) in [5.41, 5.74) is 3.08. The smallest absolute Gasteiger partial charge is 0.264 e. The van der Waals surface area contributed by atoms with Crippen molar-refractivity contribution in [2.75, 3.05) is 67.7 Å². The maximum absolute atomic E-state index is 13.3. The lowest BCUT2D eigenvalue weighted by atomic mass is 10.0. The Morgan fingerprint density at radius 2 is 1.68 bits per heavy atom. The van der Waals surface area contributed by atoms with Crippen molar-refractivity contribution in [3.05, 3.63) is 88.6 Å². The molecule has 1 atom stereocenters. The van der Waals surface area contributed by atoms with Crippen LogP contribution >= 0.6 is 11.6 Å². The molecule has 5 N–H and O–H groups in total. The number of carbonyl (C=O) groups is 6. The lowest BCUT2D eigenvalue weighted by Crippen LogP contribution is -2.54. The van der Waals surface area contributed by atoms with E-state index in [0.29, 0.717) is 34.9 Å². The number of halogens is 1. The Labute approximate surface area is 351 Å². The lowest BCUT2D eigenvalue weighted by molar-refractivity contribution is -0.136. The van der Waals surface area contributed by atoms with Gasteiger partial charge < -0.3 is 30.9 Å². The third kappa shape index (κ3) is 9.16. The number of ether oxygens (including phenoxy) is 1. The number of carbonyl (C=O) groups excluding carboxylic acids is 6. The summed E-state index contributed by atoms with van der Waals surface area (Å²) in [7, 11) is 3.17. The van der Waals surface area contributed by atoms with Gasteiger partial charge in [0.05, 0.1) is 47.1 Å². The average molecular weight is 837 g/mol. The van der Waals surface area contributed by atoms with Crippen molar-refractivity contribution in [1.82, 2.24) is 30.4 Å². The molecule has 17 nitrogen and oxygen atoms in total. The van der Waals surface area contributed by atoms with Gasteiger partial charge in [0.2, 0.25) is 23.7 Å². The molecule has 3 aliphatic rings. The van der Waals surface area contributed by atoms with Gasteiger partial charge in [0.15, 0.2) is 5.82 Å². The number of benzene rings is 3. The molecule has 60 heavy (non-hydrogen) atoms. The van der Waals surface area contributed by atoms with Gasteiger partial charge in [-0.1, -0.05) is 36.2 Å². The molecule has 0 saturated carbocycles. The number of nitrogens with zero attached hydrogens (tertiary/aromatic N) is 5. The molecule has 0 aliphatic carbocycles. The van der Waals surface area contributed by atoms with Crippen LogP contribution in [0.1, 0.15) is 69.6 Å². The van der Waals surface area contributed by atoms with Crippen molar-refractivity contribution in [2.45, 2.75) is 44.6 Å². The van der Waals surface area contributed by atoms with E-state index in [9.17, 15) is 28.8 Å². The Balaban J connectivity index is 0.854. The summed E-state index contributed by atoms with van der Waals surface area (Å²) in [6.45, 7) is 4.31. The summed E-state index contributed by atoms with van der Waals surface area (Å²) in [6, 6.07) is 16.5. The summed E-state index contributed by atoms with van der Waals surface area (Å²) >= 11 is 6.42. The van der Waals surface area contributed by atoms with Gasteiger partial charge in [-0.3, -0.25) is 43.9 Å². The van der Waals surface area contributed by atoms with E-state index in [2.05, 4.69) is 46.4 Å². The van der Waals surface area contributed by atoms with Crippen LogP contribution in [0.5, 0.6) is 5.75 Å². The Kier molecular flexibility index (Phi) is 12.9. The van der Waals surface area contributed by atoms with Crippen molar-refractivity contribution in [2.24, 2.45) is 0 Å². The van der Waals surface area contributed by atoms with Crippen molar-refractivity contribution >= 4 is 81.6 Å². The standard InChI is InChI=1S/C42H45ClN10O7/c1-44-38(56)26-9-5-6-11-29(26)47-37-28(43)24-45-42(50-37)48-30-15-14-25(23-33(30)60-2)52-21-19-51(20-22-52)18-7-3-4-13-34(54)46-31-12-8-10-27-36(31)41(59)53(40(27)58)32-16-17-35(55)49-39(32)57/h5-6,8-12,14-15,23-24,32H,3-4,7,13,16-22H2,1-2H3,(H,44,56)(H,46,54)(H,49,55,57)(H2,45,47,48,50). The summed E-state index contributed by atoms with van der Waals surface area (Å²) < 4.78 is 5.74. The number of fused-ring (bicyclic) bond motifs is 1. The first-order valence-electron chi connectivity index (χ1n) is 19.7. The van der Waals surface area contributed by atoms with Crippen LogP contribution < -0.4 is 36.2 Å². The van der Waals surface area contributed by atoms with Crippen molar-refractivity contribution in [3.63, 3.8) is 0 Å². The van der Waals surface area contributed by atoms with E-state index in [1.165, 1.54) is 12.3 Å². The molecule has 0 bridgehead atoms. The van der Waals surface area contributed by atoms with Gasteiger partial charge in [-0.05, 0) is 62.2 Å². The van der Waals surface area contributed by atoms with Gasteiger partial charge >= 0.3 is 0 Å². The zero-order valence-electron chi connectivity index (χ0n) is 33.2. The molecule has 18 heteroatoms. The highest BCUT2D eigenvalue weighted by Gasteiger charge is 2.45. The Morgan fingerprint density at radius 3 is 2.45 bits per heavy atom. The second kappa shape index (κ2) is 18.6. The SMILES string of the molecule is CNC(=O)c1ccccc1Nc1nc(Nc2ccc(N3CCN(CCCCCC(=O)Nc4cccc5c4C(=O)N(C4CCC(=O)NC4=O)C5=O)CC3)cc2OC)ncc1Cl. The van der Waals surface area contributed by atoms with E-state index in [-0.39, 0.29) is 58.9 Å². The van der Waals surface area contributed by atoms with Crippen LogP contribution in [0.15, 0.2) is 66.9 Å². The molecule has 312 valence electrons. The number of hydrogen-bond donors (Lipinski definition) is 5. The summed E-state index contributed by atoms with van der Waals surface area (Å²) in [4.78, 5) is 90.2. The first-order valence-corrected chi connectivity index (χ1v) is 20.1. The minimum absolute atomic E-state index is 0.0263. The van der Waals surface area contributed by atoms with Crippen LogP contribution in [-0.4, -0.2) is 108 Å². The average Bonchev–Trinajstić information content (AvgIpc) is 3.51. The molecule has 1 unspecified atom stereocenters. The summed E-state index contributed by atoms with van der Waals surface area (Å²) in [5, 5.41) is 14.3. The monoisotopic (exact) mass is 836 g/mol. The fourth-order valence-electron chi connectivity index (χ4n) is 7.53. The summed E-state index contributed by atoms with van der Waals surface area (Å²) in [6.07, 6.45) is 4.22. The molecule has 6 amide bonds. The number of imide groups is 2. The van der Waals surface area contributed by atoms with Crippen molar-refractivity contribution in [3.8, 4) is 5.75 Å². The molecule has 3 aliphatic heterocycles. The molecule has 0 spiro atoms. The van der Waals surface area contributed by atoms with Crippen LogP contribution in [0.3, 0.4) is 0 Å². The molecule has 4 heterocycles.